The lowest BCUT2D eigenvalue weighted by Gasteiger charge is -2.09. The molecule has 0 aliphatic heterocycles. The van der Waals surface area contributed by atoms with Gasteiger partial charge in [-0.15, -0.1) is 11.8 Å². The number of halogens is 2. The Morgan fingerprint density at radius 3 is 2.65 bits per heavy atom. The molecule has 5 heteroatoms. The summed E-state index contributed by atoms with van der Waals surface area (Å²) in [5.74, 6) is -0.707. The summed E-state index contributed by atoms with van der Waals surface area (Å²) in [5.41, 5.74) is 1.31. The van der Waals surface area contributed by atoms with Crippen molar-refractivity contribution in [3.8, 4) is 0 Å². The summed E-state index contributed by atoms with van der Waals surface area (Å²) in [6.45, 7) is 1.67. The molecule has 0 heterocycles. The van der Waals surface area contributed by atoms with Crippen LogP contribution in [0.3, 0.4) is 0 Å². The molecule has 0 unspecified atom stereocenters. The van der Waals surface area contributed by atoms with Gasteiger partial charge in [-0.25, -0.2) is 4.39 Å². The van der Waals surface area contributed by atoms with E-state index in [4.69, 9.17) is 11.6 Å². The van der Waals surface area contributed by atoms with Gasteiger partial charge in [-0.1, -0.05) is 17.7 Å². The second-order valence-electron chi connectivity index (χ2n) is 4.26. The van der Waals surface area contributed by atoms with E-state index in [9.17, 15) is 9.18 Å². The van der Waals surface area contributed by atoms with E-state index in [2.05, 4.69) is 5.32 Å². The molecule has 0 spiro atoms. The number of thioether (sulfide) groups is 1. The molecule has 0 atom stereocenters. The molecule has 2 rings (SSSR count). The van der Waals surface area contributed by atoms with Crippen LogP contribution in [0.25, 0.3) is 0 Å². The van der Waals surface area contributed by atoms with Gasteiger partial charge in [0, 0.05) is 10.6 Å². The van der Waals surface area contributed by atoms with Crippen LogP contribution in [0.2, 0.25) is 5.02 Å². The molecule has 1 N–H and O–H groups in total. The maximum Gasteiger partial charge on any atom is 0.257 e. The predicted molar refractivity (Wildman–Crippen MR) is 82.3 cm³/mol. The van der Waals surface area contributed by atoms with Crippen LogP contribution in [0.5, 0.6) is 0 Å². The van der Waals surface area contributed by atoms with E-state index in [0.717, 1.165) is 4.90 Å². The van der Waals surface area contributed by atoms with Crippen molar-refractivity contribution in [2.45, 2.75) is 11.8 Å². The number of aryl methyl sites for hydroxylation is 1. The van der Waals surface area contributed by atoms with Crippen LogP contribution in [-0.2, 0) is 0 Å². The Morgan fingerprint density at radius 1 is 1.25 bits per heavy atom. The predicted octanol–water partition coefficient (Wildman–Crippen LogP) is 4.76. The molecule has 0 radical (unpaired) electrons. The van der Waals surface area contributed by atoms with E-state index < -0.39 is 0 Å². The number of rotatable bonds is 3. The highest BCUT2D eigenvalue weighted by atomic mass is 35.5. The molecule has 0 aliphatic rings. The Labute approximate surface area is 126 Å². The fourth-order valence-electron chi connectivity index (χ4n) is 1.67. The van der Waals surface area contributed by atoms with Crippen molar-refractivity contribution < 1.29 is 9.18 Å². The number of carbonyl (C=O) groups excluding carboxylic acids is 1. The van der Waals surface area contributed by atoms with Gasteiger partial charge >= 0.3 is 0 Å². The molecular weight excluding hydrogens is 297 g/mol. The topological polar surface area (TPSA) is 29.1 Å². The van der Waals surface area contributed by atoms with Crippen LogP contribution in [0.4, 0.5) is 10.1 Å². The van der Waals surface area contributed by atoms with Crippen molar-refractivity contribution >= 4 is 35.0 Å². The first-order chi connectivity index (χ1) is 9.51. The van der Waals surface area contributed by atoms with Crippen molar-refractivity contribution in [3.63, 3.8) is 0 Å². The SMILES string of the molecule is CSc1ccc(Cl)c(C(=O)Nc2ccc(C)c(F)c2)c1. The second-order valence-corrected chi connectivity index (χ2v) is 5.55. The molecule has 1 amide bonds. The normalized spacial score (nSPS) is 10.4. The van der Waals surface area contributed by atoms with Gasteiger partial charge in [0.15, 0.2) is 0 Å². The summed E-state index contributed by atoms with van der Waals surface area (Å²) < 4.78 is 13.4. The highest BCUT2D eigenvalue weighted by Crippen LogP contribution is 2.24. The summed E-state index contributed by atoms with van der Waals surface area (Å²) in [6.07, 6.45) is 1.92. The van der Waals surface area contributed by atoms with Gasteiger partial charge in [-0.3, -0.25) is 4.79 Å². The van der Waals surface area contributed by atoms with Crippen molar-refractivity contribution in [1.29, 1.82) is 0 Å². The van der Waals surface area contributed by atoms with Gasteiger partial charge in [0.2, 0.25) is 0 Å². The summed E-state index contributed by atoms with van der Waals surface area (Å²) in [5, 5.41) is 3.01. The minimum absolute atomic E-state index is 0.353. The number of amides is 1. The quantitative estimate of drug-likeness (QED) is 0.828. The molecule has 0 saturated heterocycles. The smallest absolute Gasteiger partial charge is 0.257 e. The number of anilines is 1. The zero-order valence-corrected chi connectivity index (χ0v) is 12.6. The fourth-order valence-corrected chi connectivity index (χ4v) is 2.32. The Morgan fingerprint density at radius 2 is 2.00 bits per heavy atom. The first kappa shape index (κ1) is 14.9. The Kier molecular flexibility index (Phi) is 4.68. The largest absolute Gasteiger partial charge is 0.322 e. The Balaban J connectivity index is 2.25. The summed E-state index contributed by atoms with van der Waals surface area (Å²) >= 11 is 7.55. The van der Waals surface area contributed by atoms with Crippen LogP contribution in [0, 0.1) is 12.7 Å². The molecule has 20 heavy (non-hydrogen) atoms. The molecule has 0 aliphatic carbocycles. The number of hydrogen-bond donors (Lipinski definition) is 1. The second kappa shape index (κ2) is 6.29. The van der Waals surface area contributed by atoms with E-state index in [1.54, 1.807) is 31.2 Å². The van der Waals surface area contributed by atoms with Crippen LogP contribution in [0.1, 0.15) is 15.9 Å². The minimum atomic E-state index is -0.355. The van der Waals surface area contributed by atoms with Crippen molar-refractivity contribution in [3.05, 3.63) is 58.4 Å². The standard InChI is InChI=1S/C15H13ClFNOS/c1-9-3-4-10(7-14(9)17)18-15(19)12-8-11(20-2)5-6-13(12)16/h3-8H,1-2H3,(H,18,19). The van der Waals surface area contributed by atoms with Crippen LogP contribution in [-0.4, -0.2) is 12.2 Å². The average Bonchev–Trinajstić information content (AvgIpc) is 2.43. The first-order valence-electron chi connectivity index (χ1n) is 5.92. The number of nitrogens with one attached hydrogen (secondary N) is 1. The van der Waals surface area contributed by atoms with Gasteiger partial charge in [0.1, 0.15) is 5.82 Å². The lowest BCUT2D eigenvalue weighted by atomic mass is 10.2. The van der Waals surface area contributed by atoms with Crippen molar-refractivity contribution in [2.24, 2.45) is 0 Å². The molecule has 0 aromatic heterocycles. The van der Waals surface area contributed by atoms with E-state index in [1.165, 1.54) is 17.8 Å². The van der Waals surface area contributed by atoms with Crippen molar-refractivity contribution in [1.82, 2.24) is 0 Å². The average molecular weight is 310 g/mol. The Hall–Kier alpha value is -1.52. The minimum Gasteiger partial charge on any atom is -0.322 e. The lowest BCUT2D eigenvalue weighted by molar-refractivity contribution is 0.102. The number of hydrogen-bond acceptors (Lipinski definition) is 2. The molecule has 2 nitrogen and oxygen atoms in total. The highest BCUT2D eigenvalue weighted by Gasteiger charge is 2.12. The maximum atomic E-state index is 13.4. The summed E-state index contributed by atoms with van der Waals surface area (Å²) in [6, 6.07) is 9.80. The number of carbonyl (C=O) groups is 1. The molecule has 0 fully saturated rings. The highest BCUT2D eigenvalue weighted by molar-refractivity contribution is 7.98. The van der Waals surface area contributed by atoms with E-state index in [0.29, 0.717) is 21.8 Å². The molecule has 0 saturated carbocycles. The monoisotopic (exact) mass is 309 g/mol. The van der Waals surface area contributed by atoms with Gasteiger partial charge in [-0.2, -0.15) is 0 Å². The fraction of sp³-hybridized carbons (Fsp3) is 0.133. The first-order valence-corrected chi connectivity index (χ1v) is 7.52. The Bertz CT molecular complexity index is 660. The molecular formula is C15H13ClFNOS. The van der Waals surface area contributed by atoms with E-state index >= 15 is 0 Å². The van der Waals surface area contributed by atoms with E-state index in [-0.39, 0.29) is 11.7 Å². The van der Waals surface area contributed by atoms with Gasteiger partial charge in [0.05, 0.1) is 10.6 Å². The zero-order valence-electron chi connectivity index (χ0n) is 11.0. The maximum absolute atomic E-state index is 13.4. The van der Waals surface area contributed by atoms with Crippen LogP contribution >= 0.6 is 23.4 Å². The summed E-state index contributed by atoms with van der Waals surface area (Å²) in [7, 11) is 0. The molecule has 2 aromatic carbocycles. The van der Waals surface area contributed by atoms with Gasteiger partial charge < -0.3 is 5.32 Å². The summed E-state index contributed by atoms with van der Waals surface area (Å²) in [4.78, 5) is 13.1. The zero-order chi connectivity index (χ0) is 14.7. The number of benzene rings is 2. The third kappa shape index (κ3) is 3.32. The third-order valence-electron chi connectivity index (χ3n) is 2.85. The van der Waals surface area contributed by atoms with Crippen molar-refractivity contribution in [2.75, 3.05) is 11.6 Å². The van der Waals surface area contributed by atoms with E-state index in [1.807, 2.05) is 12.3 Å². The van der Waals surface area contributed by atoms with Gasteiger partial charge in [-0.05, 0) is 49.1 Å². The van der Waals surface area contributed by atoms with Gasteiger partial charge in [0.25, 0.3) is 5.91 Å². The third-order valence-corrected chi connectivity index (χ3v) is 3.90. The molecule has 0 bridgehead atoms. The van der Waals surface area contributed by atoms with Crippen LogP contribution < -0.4 is 5.32 Å². The molecule has 104 valence electrons. The molecule has 2 aromatic rings. The lowest BCUT2D eigenvalue weighted by Crippen LogP contribution is -2.12. The van der Waals surface area contributed by atoms with Crippen LogP contribution in [0.15, 0.2) is 41.3 Å².